The number of methoxy groups -OCH3 is 1. The molecule has 1 N–H and O–H groups in total. The number of hydrogen-bond acceptors (Lipinski definition) is 3. The predicted molar refractivity (Wildman–Crippen MR) is 39.9 cm³/mol. The maximum absolute atomic E-state index is 10.8. The third-order valence-electron chi connectivity index (χ3n) is 1.41. The highest BCUT2D eigenvalue weighted by molar-refractivity contribution is 5.71. The number of amides is 1. The molecule has 0 aromatic carbocycles. The first-order valence-electron chi connectivity index (χ1n) is 3.47. The highest BCUT2D eigenvalue weighted by Crippen LogP contribution is 2.01. The molecule has 0 aromatic heterocycles. The van der Waals surface area contributed by atoms with Gasteiger partial charge in [0.1, 0.15) is 0 Å². The van der Waals surface area contributed by atoms with Crippen LogP contribution in [0.2, 0.25) is 0 Å². The van der Waals surface area contributed by atoms with Crippen LogP contribution in [0.25, 0.3) is 0 Å². The number of rotatable bonds is 5. The van der Waals surface area contributed by atoms with Crippen molar-refractivity contribution < 1.29 is 14.3 Å². The Morgan fingerprint density at radius 2 is 2.36 bits per heavy atom. The molecule has 0 fully saturated rings. The number of hydrogen-bond donors (Lipinski definition) is 1. The van der Waals surface area contributed by atoms with Gasteiger partial charge in [-0.3, -0.25) is 9.59 Å². The number of nitrogens with one attached hydrogen (secondary N) is 1. The Balaban J connectivity index is 3.43. The Morgan fingerprint density at radius 1 is 1.73 bits per heavy atom. The summed E-state index contributed by atoms with van der Waals surface area (Å²) in [7, 11) is 1.35. The van der Waals surface area contributed by atoms with Gasteiger partial charge in [0.15, 0.2) is 0 Å². The highest BCUT2D eigenvalue weighted by atomic mass is 16.5. The molecule has 1 unspecified atom stereocenters. The van der Waals surface area contributed by atoms with E-state index in [9.17, 15) is 9.59 Å². The third kappa shape index (κ3) is 4.36. The molecule has 0 saturated carbocycles. The van der Waals surface area contributed by atoms with E-state index in [0.717, 1.165) is 0 Å². The summed E-state index contributed by atoms with van der Waals surface area (Å²) in [5, 5.41) is 2.47. The van der Waals surface area contributed by atoms with Gasteiger partial charge in [0.05, 0.1) is 13.0 Å². The summed E-state index contributed by atoms with van der Waals surface area (Å²) in [6.45, 7) is 2.28. The summed E-state index contributed by atoms with van der Waals surface area (Å²) in [6, 6.07) is 0. The number of carbonyl (C=O) groups excluding carboxylic acids is 2. The van der Waals surface area contributed by atoms with E-state index in [4.69, 9.17) is 0 Å². The molecule has 0 heterocycles. The van der Waals surface area contributed by atoms with E-state index in [-0.39, 0.29) is 11.9 Å². The second-order valence-corrected chi connectivity index (χ2v) is 2.28. The molecule has 0 aliphatic rings. The van der Waals surface area contributed by atoms with E-state index >= 15 is 0 Å². The lowest BCUT2D eigenvalue weighted by Crippen LogP contribution is -2.20. The topological polar surface area (TPSA) is 55.4 Å². The molecule has 0 aliphatic carbocycles. The molecule has 0 spiro atoms. The minimum Gasteiger partial charge on any atom is -0.469 e. The van der Waals surface area contributed by atoms with Crippen LogP contribution in [0.5, 0.6) is 0 Å². The fourth-order valence-corrected chi connectivity index (χ4v) is 0.678. The Morgan fingerprint density at radius 3 is 2.82 bits per heavy atom. The first-order valence-corrected chi connectivity index (χ1v) is 3.47. The van der Waals surface area contributed by atoms with Crippen LogP contribution in [0.1, 0.15) is 13.3 Å². The Labute approximate surface area is 65.9 Å². The van der Waals surface area contributed by atoms with Crippen LogP contribution < -0.4 is 5.32 Å². The maximum Gasteiger partial charge on any atom is 0.308 e. The second-order valence-electron chi connectivity index (χ2n) is 2.28. The lowest BCUT2D eigenvalue weighted by Gasteiger charge is -2.07. The van der Waals surface area contributed by atoms with Crippen molar-refractivity contribution in [3.8, 4) is 0 Å². The van der Waals surface area contributed by atoms with Crippen LogP contribution in [0.4, 0.5) is 0 Å². The zero-order chi connectivity index (χ0) is 8.69. The average molecular weight is 159 g/mol. The Hall–Kier alpha value is -1.06. The van der Waals surface area contributed by atoms with Crippen molar-refractivity contribution in [3.05, 3.63) is 0 Å². The van der Waals surface area contributed by atoms with Crippen molar-refractivity contribution >= 4 is 12.4 Å². The van der Waals surface area contributed by atoms with Gasteiger partial charge in [0, 0.05) is 6.54 Å². The fourth-order valence-electron chi connectivity index (χ4n) is 0.678. The minimum absolute atomic E-state index is 0.146. The smallest absolute Gasteiger partial charge is 0.308 e. The minimum atomic E-state index is -0.238. The van der Waals surface area contributed by atoms with Crippen molar-refractivity contribution in [3.63, 3.8) is 0 Å². The van der Waals surface area contributed by atoms with Crippen molar-refractivity contribution in [2.24, 2.45) is 5.92 Å². The SMILES string of the molecule is COC(=O)C(C)CCNC=O. The van der Waals surface area contributed by atoms with Gasteiger partial charge in [-0.05, 0) is 6.42 Å². The van der Waals surface area contributed by atoms with Crippen molar-refractivity contribution in [2.45, 2.75) is 13.3 Å². The highest BCUT2D eigenvalue weighted by Gasteiger charge is 2.11. The van der Waals surface area contributed by atoms with Gasteiger partial charge in [0.2, 0.25) is 6.41 Å². The second kappa shape index (κ2) is 5.70. The van der Waals surface area contributed by atoms with E-state index in [1.807, 2.05) is 0 Å². The number of carbonyl (C=O) groups is 2. The molecule has 11 heavy (non-hydrogen) atoms. The quantitative estimate of drug-likeness (QED) is 0.347. The summed E-state index contributed by atoms with van der Waals surface area (Å²) in [6.07, 6.45) is 1.23. The standard InChI is InChI=1S/C7H13NO3/c1-6(7(10)11-2)3-4-8-5-9/h5-6H,3-4H2,1-2H3,(H,8,9). The normalized spacial score (nSPS) is 11.8. The van der Waals surface area contributed by atoms with Gasteiger partial charge >= 0.3 is 5.97 Å². The molecule has 0 aliphatic heterocycles. The average Bonchev–Trinajstić information content (AvgIpc) is 2.03. The largest absolute Gasteiger partial charge is 0.469 e. The van der Waals surface area contributed by atoms with E-state index in [2.05, 4.69) is 10.1 Å². The number of esters is 1. The van der Waals surface area contributed by atoms with Crippen LogP contribution >= 0.6 is 0 Å². The van der Waals surface area contributed by atoms with Gasteiger partial charge < -0.3 is 10.1 Å². The van der Waals surface area contributed by atoms with Crippen LogP contribution in [0.3, 0.4) is 0 Å². The molecular formula is C7H13NO3. The summed E-state index contributed by atoms with van der Waals surface area (Å²) in [5.74, 6) is -0.384. The molecule has 1 amide bonds. The van der Waals surface area contributed by atoms with Crippen LogP contribution in [0.15, 0.2) is 0 Å². The molecule has 4 nitrogen and oxygen atoms in total. The summed E-state index contributed by atoms with van der Waals surface area (Å²) in [4.78, 5) is 20.6. The fraction of sp³-hybridized carbons (Fsp3) is 0.714. The molecule has 0 radical (unpaired) electrons. The lowest BCUT2D eigenvalue weighted by molar-refractivity contribution is -0.145. The third-order valence-corrected chi connectivity index (χ3v) is 1.41. The molecule has 0 rings (SSSR count). The monoisotopic (exact) mass is 159 g/mol. The maximum atomic E-state index is 10.8. The molecule has 0 aromatic rings. The van der Waals surface area contributed by atoms with Crippen LogP contribution in [-0.2, 0) is 14.3 Å². The first kappa shape index (κ1) is 9.94. The van der Waals surface area contributed by atoms with E-state index in [1.54, 1.807) is 6.92 Å². The first-order chi connectivity index (χ1) is 5.22. The molecule has 64 valence electrons. The van der Waals surface area contributed by atoms with Crippen molar-refractivity contribution in [1.29, 1.82) is 0 Å². The zero-order valence-electron chi connectivity index (χ0n) is 6.79. The summed E-state index contributed by atoms with van der Waals surface area (Å²) >= 11 is 0. The van der Waals surface area contributed by atoms with Gasteiger partial charge in [0.25, 0.3) is 0 Å². The molecule has 4 heteroatoms. The van der Waals surface area contributed by atoms with Gasteiger partial charge in [-0.1, -0.05) is 6.92 Å². The zero-order valence-corrected chi connectivity index (χ0v) is 6.79. The summed E-state index contributed by atoms with van der Waals surface area (Å²) in [5.41, 5.74) is 0. The molecule has 1 atom stereocenters. The van der Waals surface area contributed by atoms with Gasteiger partial charge in [-0.25, -0.2) is 0 Å². The van der Waals surface area contributed by atoms with Crippen molar-refractivity contribution in [2.75, 3.05) is 13.7 Å². The molecule has 0 saturated heterocycles. The van der Waals surface area contributed by atoms with Gasteiger partial charge in [-0.2, -0.15) is 0 Å². The van der Waals surface area contributed by atoms with Crippen LogP contribution in [-0.4, -0.2) is 26.0 Å². The van der Waals surface area contributed by atoms with Crippen molar-refractivity contribution in [1.82, 2.24) is 5.32 Å². The lowest BCUT2D eigenvalue weighted by atomic mass is 10.1. The molecular weight excluding hydrogens is 146 g/mol. The Kier molecular flexibility index (Phi) is 5.15. The van der Waals surface area contributed by atoms with Crippen LogP contribution in [0, 0.1) is 5.92 Å². The summed E-state index contributed by atoms with van der Waals surface area (Å²) < 4.78 is 4.49. The predicted octanol–water partition coefficient (Wildman–Crippen LogP) is -0.0684. The molecule has 0 bridgehead atoms. The van der Waals surface area contributed by atoms with E-state index in [0.29, 0.717) is 19.4 Å². The van der Waals surface area contributed by atoms with Gasteiger partial charge in [-0.15, -0.1) is 0 Å². The van der Waals surface area contributed by atoms with E-state index in [1.165, 1.54) is 7.11 Å². The van der Waals surface area contributed by atoms with E-state index < -0.39 is 0 Å². The number of ether oxygens (including phenoxy) is 1. The Bertz CT molecular complexity index is 136.